The number of rotatable bonds is 5. The zero-order chi connectivity index (χ0) is 13.7. The van der Waals surface area contributed by atoms with Crippen molar-refractivity contribution in [1.82, 2.24) is 5.32 Å². The van der Waals surface area contributed by atoms with Crippen molar-refractivity contribution in [1.29, 1.82) is 0 Å². The molecule has 104 valence electrons. The van der Waals surface area contributed by atoms with Crippen molar-refractivity contribution < 1.29 is 9.18 Å². The van der Waals surface area contributed by atoms with Gasteiger partial charge in [-0.3, -0.25) is 4.79 Å². The molecule has 0 radical (unpaired) electrons. The number of amides is 1. The number of halogens is 2. The molecule has 2 rings (SSSR count). The molecule has 1 amide bonds. The van der Waals surface area contributed by atoms with Gasteiger partial charge in [0.25, 0.3) is 0 Å². The molecule has 1 aliphatic rings. The van der Waals surface area contributed by atoms with E-state index in [2.05, 4.69) is 5.32 Å². The van der Waals surface area contributed by atoms with Gasteiger partial charge in [-0.1, -0.05) is 30.5 Å². The minimum atomic E-state index is -0.335. The van der Waals surface area contributed by atoms with Gasteiger partial charge in [0.1, 0.15) is 5.82 Å². The Kier molecular flexibility index (Phi) is 5.52. The van der Waals surface area contributed by atoms with Crippen LogP contribution in [-0.4, -0.2) is 17.7 Å². The Labute approximate surface area is 122 Å². The summed E-state index contributed by atoms with van der Waals surface area (Å²) in [7, 11) is 0. The molecular weight excluding hydrogens is 285 g/mol. The van der Waals surface area contributed by atoms with Crippen LogP contribution in [0, 0.1) is 5.82 Å². The lowest BCUT2D eigenvalue weighted by molar-refractivity contribution is -0.119. The minimum absolute atomic E-state index is 0.0788. The first-order valence-corrected chi connectivity index (χ1v) is 7.99. The highest BCUT2D eigenvalue weighted by Gasteiger charge is 2.16. The lowest BCUT2D eigenvalue weighted by Crippen LogP contribution is -2.33. The number of thioether (sulfide) groups is 1. The van der Waals surface area contributed by atoms with Gasteiger partial charge in [0.15, 0.2) is 0 Å². The second-order valence-electron chi connectivity index (χ2n) is 4.78. The molecule has 0 heterocycles. The lowest BCUT2D eigenvalue weighted by Gasteiger charge is -2.11. The van der Waals surface area contributed by atoms with E-state index in [1.807, 2.05) is 0 Å². The van der Waals surface area contributed by atoms with Gasteiger partial charge in [0, 0.05) is 16.8 Å². The van der Waals surface area contributed by atoms with Crippen molar-refractivity contribution in [3.05, 3.63) is 34.6 Å². The normalized spacial score (nSPS) is 15.7. The summed E-state index contributed by atoms with van der Waals surface area (Å²) in [5.41, 5.74) is 0.863. The second kappa shape index (κ2) is 7.15. The van der Waals surface area contributed by atoms with Crippen molar-refractivity contribution in [3.8, 4) is 0 Å². The molecular formula is C14H17ClFNOS. The first-order valence-electron chi connectivity index (χ1n) is 6.46. The standard InChI is InChI=1S/C14H17ClFNOS/c15-13-7-11(16)6-5-10(13)8-19-9-14(18)17-12-3-1-2-4-12/h5-7,12H,1-4,8-9H2,(H,17,18). The van der Waals surface area contributed by atoms with E-state index >= 15 is 0 Å². The fourth-order valence-electron chi connectivity index (χ4n) is 2.23. The molecule has 1 aromatic carbocycles. The summed E-state index contributed by atoms with van der Waals surface area (Å²) >= 11 is 7.43. The molecule has 1 saturated carbocycles. The van der Waals surface area contributed by atoms with Gasteiger partial charge in [0.05, 0.1) is 5.75 Å². The fraction of sp³-hybridized carbons (Fsp3) is 0.500. The minimum Gasteiger partial charge on any atom is -0.353 e. The van der Waals surface area contributed by atoms with Crippen molar-refractivity contribution in [3.63, 3.8) is 0 Å². The van der Waals surface area contributed by atoms with E-state index in [1.54, 1.807) is 6.07 Å². The monoisotopic (exact) mass is 301 g/mol. The van der Waals surface area contributed by atoms with Crippen LogP contribution in [-0.2, 0) is 10.5 Å². The average Bonchev–Trinajstić information content (AvgIpc) is 2.84. The number of hydrogen-bond acceptors (Lipinski definition) is 2. The zero-order valence-corrected chi connectivity index (χ0v) is 12.2. The Balaban J connectivity index is 1.72. The molecule has 5 heteroatoms. The Morgan fingerprint density at radius 3 is 2.84 bits per heavy atom. The van der Waals surface area contributed by atoms with Gasteiger partial charge >= 0.3 is 0 Å². The molecule has 1 fully saturated rings. The average molecular weight is 302 g/mol. The second-order valence-corrected chi connectivity index (χ2v) is 6.17. The molecule has 0 spiro atoms. The van der Waals surface area contributed by atoms with E-state index in [4.69, 9.17) is 11.6 Å². The number of nitrogens with one attached hydrogen (secondary N) is 1. The van der Waals surface area contributed by atoms with Crippen LogP contribution in [0.2, 0.25) is 5.02 Å². The summed E-state index contributed by atoms with van der Waals surface area (Å²) in [6.07, 6.45) is 4.62. The maximum atomic E-state index is 12.9. The Morgan fingerprint density at radius 1 is 1.42 bits per heavy atom. The highest BCUT2D eigenvalue weighted by Crippen LogP contribution is 2.22. The molecule has 1 N–H and O–H groups in total. The van der Waals surface area contributed by atoms with E-state index in [0.717, 1.165) is 18.4 Å². The van der Waals surface area contributed by atoms with Crippen LogP contribution in [0.25, 0.3) is 0 Å². The Morgan fingerprint density at radius 2 is 2.16 bits per heavy atom. The molecule has 0 bridgehead atoms. The molecule has 1 aromatic rings. The summed E-state index contributed by atoms with van der Waals surface area (Å²) in [5.74, 6) is 0.786. The fourth-order valence-corrected chi connectivity index (χ4v) is 3.39. The maximum absolute atomic E-state index is 12.9. The Bertz CT molecular complexity index is 449. The van der Waals surface area contributed by atoms with Crippen molar-refractivity contribution in [2.24, 2.45) is 0 Å². The quantitative estimate of drug-likeness (QED) is 0.897. The largest absolute Gasteiger partial charge is 0.353 e. The number of carbonyl (C=O) groups excluding carboxylic acids is 1. The predicted molar refractivity (Wildman–Crippen MR) is 78.0 cm³/mol. The number of hydrogen-bond donors (Lipinski definition) is 1. The van der Waals surface area contributed by atoms with Crippen LogP contribution in [0.4, 0.5) is 4.39 Å². The van der Waals surface area contributed by atoms with Gasteiger partial charge in [0.2, 0.25) is 5.91 Å². The van der Waals surface area contributed by atoms with Crippen LogP contribution < -0.4 is 5.32 Å². The van der Waals surface area contributed by atoms with E-state index in [-0.39, 0.29) is 11.7 Å². The number of carbonyl (C=O) groups is 1. The summed E-state index contributed by atoms with van der Waals surface area (Å²) in [4.78, 5) is 11.7. The van der Waals surface area contributed by atoms with Gasteiger partial charge in [-0.2, -0.15) is 0 Å². The molecule has 0 unspecified atom stereocenters. The maximum Gasteiger partial charge on any atom is 0.230 e. The summed E-state index contributed by atoms with van der Waals surface area (Å²) < 4.78 is 12.9. The summed E-state index contributed by atoms with van der Waals surface area (Å²) in [6.45, 7) is 0. The topological polar surface area (TPSA) is 29.1 Å². The molecule has 2 nitrogen and oxygen atoms in total. The van der Waals surface area contributed by atoms with Crippen LogP contribution in [0.3, 0.4) is 0 Å². The Hall–Kier alpha value is -0.740. The lowest BCUT2D eigenvalue weighted by atomic mass is 10.2. The SMILES string of the molecule is O=C(CSCc1ccc(F)cc1Cl)NC1CCCC1. The first-order chi connectivity index (χ1) is 9.15. The van der Waals surface area contributed by atoms with E-state index in [0.29, 0.717) is 22.6 Å². The first kappa shape index (κ1) is 14.7. The van der Waals surface area contributed by atoms with E-state index in [1.165, 1.54) is 36.7 Å². The molecule has 0 aromatic heterocycles. The van der Waals surface area contributed by atoms with Crippen LogP contribution in [0.5, 0.6) is 0 Å². The van der Waals surface area contributed by atoms with Crippen molar-refractivity contribution >= 4 is 29.3 Å². The van der Waals surface area contributed by atoms with Gasteiger partial charge in [-0.15, -0.1) is 11.8 Å². The third kappa shape index (κ3) is 4.69. The van der Waals surface area contributed by atoms with E-state index in [9.17, 15) is 9.18 Å². The summed E-state index contributed by atoms with van der Waals surface area (Å²) in [5, 5.41) is 3.46. The van der Waals surface area contributed by atoms with Crippen LogP contribution >= 0.6 is 23.4 Å². The number of benzene rings is 1. The molecule has 0 atom stereocenters. The van der Waals surface area contributed by atoms with Gasteiger partial charge in [-0.05, 0) is 30.5 Å². The smallest absolute Gasteiger partial charge is 0.230 e. The third-order valence-electron chi connectivity index (χ3n) is 3.23. The predicted octanol–water partition coefficient (Wildman–Crippen LogP) is 3.77. The van der Waals surface area contributed by atoms with Gasteiger partial charge in [-0.25, -0.2) is 4.39 Å². The van der Waals surface area contributed by atoms with Crippen LogP contribution in [0.15, 0.2) is 18.2 Å². The molecule has 1 aliphatic carbocycles. The molecule has 0 saturated heterocycles. The van der Waals surface area contributed by atoms with E-state index < -0.39 is 0 Å². The highest BCUT2D eigenvalue weighted by molar-refractivity contribution is 7.99. The molecule has 0 aliphatic heterocycles. The van der Waals surface area contributed by atoms with Crippen LogP contribution in [0.1, 0.15) is 31.2 Å². The highest BCUT2D eigenvalue weighted by atomic mass is 35.5. The van der Waals surface area contributed by atoms with Crippen molar-refractivity contribution in [2.45, 2.75) is 37.5 Å². The van der Waals surface area contributed by atoms with Crippen molar-refractivity contribution in [2.75, 3.05) is 5.75 Å². The summed E-state index contributed by atoms with van der Waals surface area (Å²) in [6, 6.07) is 4.72. The zero-order valence-electron chi connectivity index (χ0n) is 10.6. The molecule has 19 heavy (non-hydrogen) atoms. The third-order valence-corrected chi connectivity index (χ3v) is 4.56. The van der Waals surface area contributed by atoms with Gasteiger partial charge < -0.3 is 5.32 Å².